The molecule has 0 saturated heterocycles. The summed E-state index contributed by atoms with van der Waals surface area (Å²) in [6.45, 7) is 9.54. The molecular weight excluding hydrogens is 757 g/mol. The quantitative estimate of drug-likeness (QED) is 0.179. The molecule has 0 saturated carbocycles. The second-order valence-corrected chi connectivity index (χ2v) is 18.4. The maximum atomic E-state index is 6.71. The molecule has 4 aromatic heterocycles. The number of hydrogen-bond acceptors (Lipinski definition) is 2. The number of rotatable bonds is 3. The van der Waals surface area contributed by atoms with Crippen LogP contribution in [0.5, 0.6) is 0 Å². The van der Waals surface area contributed by atoms with Crippen molar-refractivity contribution >= 4 is 65.7 Å². The number of hydrogen-bond donors (Lipinski definition) is 0. The number of nitrogens with zero attached hydrogens (tertiary/aromatic N) is 2. The van der Waals surface area contributed by atoms with E-state index in [-0.39, 0.29) is 10.8 Å². The predicted octanol–water partition coefficient (Wildman–Crippen LogP) is 15.7. The lowest BCUT2D eigenvalue weighted by atomic mass is 9.81. The zero-order valence-electron chi connectivity index (χ0n) is 34.9. The van der Waals surface area contributed by atoms with Crippen LogP contribution >= 0.6 is 0 Å². The third-order valence-electron chi connectivity index (χ3n) is 14.5. The topological polar surface area (TPSA) is 36.1 Å². The summed E-state index contributed by atoms with van der Waals surface area (Å²) in [5, 5.41) is 7.06. The zero-order valence-corrected chi connectivity index (χ0v) is 34.9. The third kappa shape index (κ3) is 4.17. The molecule has 0 bridgehead atoms. The van der Waals surface area contributed by atoms with Gasteiger partial charge < -0.3 is 18.0 Å². The molecule has 0 unspecified atom stereocenters. The van der Waals surface area contributed by atoms with Crippen molar-refractivity contribution in [1.82, 2.24) is 9.13 Å². The number of benzene rings is 8. The Morgan fingerprint density at radius 2 is 0.774 bits per heavy atom. The molecule has 0 atom stereocenters. The van der Waals surface area contributed by atoms with Crippen LogP contribution in [0.1, 0.15) is 49.9 Å². The lowest BCUT2D eigenvalue weighted by Crippen LogP contribution is -2.14. The normalized spacial score (nSPS) is 14.7. The van der Waals surface area contributed by atoms with Crippen LogP contribution in [0.25, 0.3) is 111 Å². The molecule has 12 aromatic rings. The Balaban J connectivity index is 1.03. The van der Waals surface area contributed by atoms with Crippen LogP contribution in [0.4, 0.5) is 0 Å². The van der Waals surface area contributed by atoms with Gasteiger partial charge in [-0.25, -0.2) is 0 Å². The van der Waals surface area contributed by atoms with Gasteiger partial charge in [0, 0.05) is 54.3 Å². The molecule has 14 rings (SSSR count). The van der Waals surface area contributed by atoms with Gasteiger partial charge in [0.2, 0.25) is 0 Å². The van der Waals surface area contributed by atoms with Gasteiger partial charge in [0.05, 0.1) is 33.8 Å². The van der Waals surface area contributed by atoms with Crippen LogP contribution < -0.4 is 0 Å². The monoisotopic (exact) mass is 796 g/mol. The molecule has 4 heteroatoms. The predicted molar refractivity (Wildman–Crippen MR) is 255 cm³/mol. The van der Waals surface area contributed by atoms with E-state index in [0.717, 1.165) is 55.3 Å². The van der Waals surface area contributed by atoms with E-state index in [1.807, 2.05) is 0 Å². The van der Waals surface area contributed by atoms with Crippen molar-refractivity contribution in [1.29, 1.82) is 0 Å². The Morgan fingerprint density at radius 1 is 0.371 bits per heavy atom. The van der Waals surface area contributed by atoms with Crippen LogP contribution in [0.2, 0.25) is 0 Å². The standard InChI is InChI=1S/C58H40N2O2/c1-57(2)43-21-9-5-17-39(43)53-51(57)41-31-33(27-29-45(41)59(53)47-23-13-19-37-35-15-7-11-25-49(35)61-55(37)47)34-28-30-46-42(32-34)52-54(40-18-6-10-22-44(40)58(52,3)4)60(46)48-24-14-20-38-36-16-8-12-26-50(36)62-56(38)48/h5-32H,1-4H3. The Morgan fingerprint density at radius 3 is 1.24 bits per heavy atom. The highest BCUT2D eigenvalue weighted by molar-refractivity contribution is 6.11. The van der Waals surface area contributed by atoms with Crippen molar-refractivity contribution in [3.05, 3.63) is 192 Å². The first kappa shape index (κ1) is 34.2. The summed E-state index contributed by atoms with van der Waals surface area (Å²) >= 11 is 0. The van der Waals surface area contributed by atoms with Crippen molar-refractivity contribution in [2.75, 3.05) is 0 Å². The van der Waals surface area contributed by atoms with Gasteiger partial charge in [-0.1, -0.05) is 149 Å². The highest BCUT2D eigenvalue weighted by Crippen LogP contribution is 2.57. The summed E-state index contributed by atoms with van der Waals surface area (Å²) in [6, 6.07) is 62.0. The van der Waals surface area contributed by atoms with Gasteiger partial charge in [0.1, 0.15) is 11.2 Å². The van der Waals surface area contributed by atoms with Gasteiger partial charge in [0.25, 0.3) is 0 Å². The first-order chi connectivity index (χ1) is 30.3. The SMILES string of the molecule is CC1(C)c2ccccc2-c2c1c1cc(-c3ccc4c(c3)c3c(n4-c4cccc5c4oc4ccccc45)-c4ccccc4C3(C)C)ccc1n2-c1cccc2c1oc1ccccc12. The maximum Gasteiger partial charge on any atom is 0.159 e. The fourth-order valence-corrected chi connectivity index (χ4v) is 11.8. The highest BCUT2D eigenvalue weighted by atomic mass is 16.3. The van der Waals surface area contributed by atoms with E-state index in [4.69, 9.17) is 8.83 Å². The van der Waals surface area contributed by atoms with Gasteiger partial charge in [-0.05, 0) is 81.9 Å². The van der Waals surface area contributed by atoms with Crippen LogP contribution in [0, 0.1) is 0 Å². The summed E-state index contributed by atoms with van der Waals surface area (Å²) in [5.74, 6) is 0. The van der Waals surface area contributed by atoms with Crippen molar-refractivity contribution in [3.63, 3.8) is 0 Å². The van der Waals surface area contributed by atoms with Gasteiger partial charge in [-0.3, -0.25) is 0 Å². The third-order valence-corrected chi connectivity index (χ3v) is 14.5. The number of para-hydroxylation sites is 4. The van der Waals surface area contributed by atoms with Crippen molar-refractivity contribution < 1.29 is 8.83 Å². The molecule has 4 nitrogen and oxygen atoms in total. The minimum Gasteiger partial charge on any atom is -0.454 e. The molecule has 0 amide bonds. The highest BCUT2D eigenvalue weighted by Gasteiger charge is 2.42. The Labute approximate surface area is 357 Å². The Kier molecular flexibility index (Phi) is 6.41. The first-order valence-corrected chi connectivity index (χ1v) is 21.7. The Hall–Kier alpha value is -7.56. The van der Waals surface area contributed by atoms with E-state index in [1.54, 1.807) is 0 Å². The summed E-state index contributed by atoms with van der Waals surface area (Å²) in [4.78, 5) is 0. The smallest absolute Gasteiger partial charge is 0.159 e. The number of aromatic nitrogens is 2. The van der Waals surface area contributed by atoms with E-state index in [9.17, 15) is 0 Å². The fraction of sp³-hybridized carbons (Fsp3) is 0.103. The van der Waals surface area contributed by atoms with Gasteiger partial charge in [-0.2, -0.15) is 0 Å². The van der Waals surface area contributed by atoms with Crippen LogP contribution in [0.15, 0.2) is 179 Å². The van der Waals surface area contributed by atoms with E-state index in [0.29, 0.717) is 0 Å². The molecule has 0 N–H and O–H groups in total. The molecule has 4 heterocycles. The second-order valence-electron chi connectivity index (χ2n) is 18.4. The molecule has 2 aliphatic rings. The van der Waals surface area contributed by atoms with Crippen LogP contribution in [-0.4, -0.2) is 9.13 Å². The summed E-state index contributed by atoms with van der Waals surface area (Å²) in [6.07, 6.45) is 0. The van der Waals surface area contributed by atoms with Gasteiger partial charge >= 0.3 is 0 Å². The zero-order chi connectivity index (χ0) is 41.2. The molecule has 2 aliphatic carbocycles. The fourth-order valence-electron chi connectivity index (χ4n) is 11.8. The lowest BCUT2D eigenvalue weighted by Gasteiger charge is -2.22. The molecule has 294 valence electrons. The minimum absolute atomic E-state index is 0.217. The van der Waals surface area contributed by atoms with Crippen LogP contribution in [0.3, 0.4) is 0 Å². The Bertz CT molecular complexity index is 3680. The molecular formula is C58H40N2O2. The molecule has 0 fully saturated rings. The first-order valence-electron chi connectivity index (χ1n) is 21.7. The van der Waals surface area contributed by atoms with E-state index < -0.39 is 0 Å². The molecule has 0 spiro atoms. The summed E-state index contributed by atoms with van der Waals surface area (Å²) in [7, 11) is 0. The summed E-state index contributed by atoms with van der Waals surface area (Å²) in [5.41, 5.74) is 20.5. The number of fused-ring (bicyclic) bond motifs is 16. The maximum absolute atomic E-state index is 6.71. The molecule has 0 radical (unpaired) electrons. The van der Waals surface area contributed by atoms with E-state index in [2.05, 4.69) is 207 Å². The molecule has 62 heavy (non-hydrogen) atoms. The van der Waals surface area contributed by atoms with Crippen molar-refractivity contribution in [3.8, 4) is 45.0 Å². The second kappa shape index (κ2) is 11.6. The molecule has 0 aliphatic heterocycles. The average Bonchev–Trinajstić information content (AvgIpc) is 4.12. The van der Waals surface area contributed by atoms with Gasteiger partial charge in [-0.15, -0.1) is 0 Å². The van der Waals surface area contributed by atoms with E-state index >= 15 is 0 Å². The van der Waals surface area contributed by atoms with Gasteiger partial charge in [0.15, 0.2) is 11.2 Å². The van der Waals surface area contributed by atoms with E-state index in [1.165, 1.54) is 77.7 Å². The molecule has 8 aromatic carbocycles. The average molecular weight is 797 g/mol. The number of furan rings is 2. The lowest BCUT2D eigenvalue weighted by molar-refractivity contribution is 0.663. The largest absolute Gasteiger partial charge is 0.454 e. The minimum atomic E-state index is -0.217. The van der Waals surface area contributed by atoms with Crippen molar-refractivity contribution in [2.24, 2.45) is 0 Å². The summed E-state index contributed by atoms with van der Waals surface area (Å²) < 4.78 is 18.4. The van der Waals surface area contributed by atoms with Crippen molar-refractivity contribution in [2.45, 2.75) is 38.5 Å². The van der Waals surface area contributed by atoms with Crippen LogP contribution in [-0.2, 0) is 10.8 Å².